The Morgan fingerprint density at radius 2 is 0.976 bits per heavy atom. The molecule has 0 aromatic heterocycles. The number of aliphatic hydroxyl groups is 12. The molecular formula is C23H40O19. The molecule has 4 aliphatic rings. The fourth-order valence-electron chi connectivity index (χ4n) is 5.14. The van der Waals surface area contributed by atoms with Crippen LogP contribution < -0.4 is 0 Å². The average Bonchev–Trinajstić information content (AvgIpc) is 3.24. The molecule has 4 heterocycles. The van der Waals surface area contributed by atoms with Gasteiger partial charge in [0, 0.05) is 0 Å². The highest BCUT2D eigenvalue weighted by molar-refractivity contribution is 4.96. The van der Waals surface area contributed by atoms with Gasteiger partial charge in [0.1, 0.15) is 85.5 Å². The summed E-state index contributed by atoms with van der Waals surface area (Å²) in [7, 11) is 0. The van der Waals surface area contributed by atoms with Crippen LogP contribution in [0.15, 0.2) is 0 Å². The fraction of sp³-hybridized carbons (Fsp3) is 1.00. The van der Waals surface area contributed by atoms with Gasteiger partial charge in [-0.15, -0.1) is 0 Å². The molecule has 4 fully saturated rings. The number of rotatable bonds is 9. The van der Waals surface area contributed by atoms with Crippen molar-refractivity contribution in [2.75, 3.05) is 19.8 Å². The van der Waals surface area contributed by atoms with E-state index in [9.17, 15) is 61.3 Å². The molecule has 19 nitrogen and oxygen atoms in total. The second-order valence-corrected chi connectivity index (χ2v) is 10.7. The maximum absolute atomic E-state index is 10.8. The van der Waals surface area contributed by atoms with Crippen molar-refractivity contribution in [3.8, 4) is 0 Å². The molecule has 19 unspecified atom stereocenters. The molecule has 4 saturated heterocycles. The highest BCUT2D eigenvalue weighted by atomic mass is 16.8. The summed E-state index contributed by atoms with van der Waals surface area (Å²) in [6, 6.07) is 0. The van der Waals surface area contributed by atoms with Gasteiger partial charge in [-0.1, -0.05) is 0 Å². The van der Waals surface area contributed by atoms with E-state index in [0.717, 1.165) is 0 Å². The smallest absolute Gasteiger partial charge is 0.187 e. The highest BCUT2D eigenvalue weighted by Crippen LogP contribution is 2.33. The maximum Gasteiger partial charge on any atom is 0.187 e. The van der Waals surface area contributed by atoms with E-state index in [0.29, 0.717) is 0 Å². The maximum atomic E-state index is 10.8. The van der Waals surface area contributed by atoms with Gasteiger partial charge in [-0.3, -0.25) is 0 Å². The quantitative estimate of drug-likeness (QED) is 0.114. The van der Waals surface area contributed by atoms with Gasteiger partial charge in [-0.2, -0.15) is 0 Å². The minimum Gasteiger partial charge on any atom is -0.394 e. The lowest BCUT2D eigenvalue weighted by Crippen LogP contribution is -2.65. The Labute approximate surface area is 238 Å². The number of aliphatic hydroxyl groups excluding tert-OH is 12. The first-order chi connectivity index (χ1) is 19.8. The Bertz CT molecular complexity index is 855. The summed E-state index contributed by atoms with van der Waals surface area (Å²) in [5, 5.41) is 122. The van der Waals surface area contributed by atoms with E-state index in [4.69, 9.17) is 33.2 Å². The predicted octanol–water partition coefficient (Wildman–Crippen LogP) is -8.08. The van der Waals surface area contributed by atoms with Crippen LogP contribution in [0.2, 0.25) is 0 Å². The standard InChI is InChI=1S/C23H40O19/c1-5-9(26)13(30)17(34)21(37-5)36-4-8-12(29)14(31)18(20(35)38-8)41-23-19(15(32)10(27)6(2-24)40-23)42-22-16(33)11(28)7(3-25)39-22/h5-35H,2-4H2,1H3. The Kier molecular flexibility index (Phi) is 11.5. The minimum absolute atomic E-state index is 0.576. The van der Waals surface area contributed by atoms with Crippen molar-refractivity contribution >= 4 is 0 Å². The number of hydrogen-bond acceptors (Lipinski definition) is 19. The molecule has 19 atom stereocenters. The van der Waals surface area contributed by atoms with E-state index in [1.165, 1.54) is 6.92 Å². The molecule has 0 bridgehead atoms. The molecule has 0 aliphatic carbocycles. The van der Waals surface area contributed by atoms with Crippen molar-refractivity contribution in [2.24, 2.45) is 0 Å². The second kappa shape index (κ2) is 14.1. The van der Waals surface area contributed by atoms with E-state index >= 15 is 0 Å². The zero-order valence-corrected chi connectivity index (χ0v) is 22.3. The van der Waals surface area contributed by atoms with E-state index in [2.05, 4.69) is 0 Å². The normalized spacial score (nSPS) is 53.8. The third-order valence-corrected chi connectivity index (χ3v) is 7.80. The van der Waals surface area contributed by atoms with Crippen molar-refractivity contribution in [3.63, 3.8) is 0 Å². The molecule has 246 valence electrons. The molecule has 42 heavy (non-hydrogen) atoms. The van der Waals surface area contributed by atoms with Gasteiger partial charge >= 0.3 is 0 Å². The summed E-state index contributed by atoms with van der Waals surface area (Å²) in [6.07, 6.45) is -30.8. The summed E-state index contributed by atoms with van der Waals surface area (Å²) in [5.74, 6) is 0. The van der Waals surface area contributed by atoms with E-state index in [1.807, 2.05) is 0 Å². The van der Waals surface area contributed by atoms with E-state index in [1.54, 1.807) is 0 Å². The lowest BCUT2D eigenvalue weighted by Gasteiger charge is -2.46. The van der Waals surface area contributed by atoms with Gasteiger partial charge in [0.05, 0.1) is 25.9 Å². The van der Waals surface area contributed by atoms with Crippen LogP contribution in [0.4, 0.5) is 0 Å². The van der Waals surface area contributed by atoms with Gasteiger partial charge in [-0.05, 0) is 6.92 Å². The summed E-state index contributed by atoms with van der Waals surface area (Å²) < 4.78 is 37.8. The molecule has 12 N–H and O–H groups in total. The van der Waals surface area contributed by atoms with Gasteiger partial charge in [0.2, 0.25) is 0 Å². The van der Waals surface area contributed by atoms with Crippen molar-refractivity contribution < 1.29 is 94.4 Å². The lowest BCUT2D eigenvalue weighted by molar-refractivity contribution is -0.380. The Balaban J connectivity index is 1.42. The van der Waals surface area contributed by atoms with Gasteiger partial charge in [0.15, 0.2) is 25.2 Å². The molecule has 0 aromatic carbocycles. The van der Waals surface area contributed by atoms with Crippen LogP contribution in [0.5, 0.6) is 0 Å². The first kappa shape index (κ1) is 34.1. The fourth-order valence-corrected chi connectivity index (χ4v) is 5.14. The summed E-state index contributed by atoms with van der Waals surface area (Å²) in [4.78, 5) is 0. The lowest BCUT2D eigenvalue weighted by atomic mass is 9.97. The molecule has 4 rings (SSSR count). The Hall–Kier alpha value is -0.760. The van der Waals surface area contributed by atoms with Crippen molar-refractivity contribution in [2.45, 2.75) is 124 Å². The van der Waals surface area contributed by atoms with Gasteiger partial charge in [0.25, 0.3) is 0 Å². The van der Waals surface area contributed by atoms with Gasteiger partial charge in [-0.25, -0.2) is 0 Å². The predicted molar refractivity (Wildman–Crippen MR) is 126 cm³/mol. The zero-order chi connectivity index (χ0) is 31.0. The van der Waals surface area contributed by atoms with Crippen molar-refractivity contribution in [1.29, 1.82) is 0 Å². The summed E-state index contributed by atoms with van der Waals surface area (Å²) in [5.41, 5.74) is 0. The summed E-state index contributed by atoms with van der Waals surface area (Å²) >= 11 is 0. The van der Waals surface area contributed by atoms with Crippen LogP contribution in [0.25, 0.3) is 0 Å². The molecule has 0 spiro atoms. The average molecular weight is 621 g/mol. The molecule has 0 radical (unpaired) electrons. The van der Waals surface area contributed by atoms with Crippen LogP contribution in [0.1, 0.15) is 6.92 Å². The topological polar surface area (TPSA) is 307 Å². The zero-order valence-electron chi connectivity index (χ0n) is 22.3. The third-order valence-electron chi connectivity index (χ3n) is 7.80. The van der Waals surface area contributed by atoms with E-state index < -0.39 is 137 Å². The molecule has 0 saturated carbocycles. The van der Waals surface area contributed by atoms with Crippen LogP contribution in [-0.4, -0.2) is 198 Å². The highest BCUT2D eigenvalue weighted by Gasteiger charge is 2.54. The first-order valence-corrected chi connectivity index (χ1v) is 13.4. The van der Waals surface area contributed by atoms with Crippen molar-refractivity contribution in [1.82, 2.24) is 0 Å². The van der Waals surface area contributed by atoms with Crippen LogP contribution in [-0.2, 0) is 33.2 Å². The molecule has 4 aliphatic heterocycles. The molecular weight excluding hydrogens is 580 g/mol. The largest absolute Gasteiger partial charge is 0.394 e. The van der Waals surface area contributed by atoms with Crippen LogP contribution in [0.3, 0.4) is 0 Å². The minimum atomic E-state index is -1.99. The molecule has 19 heteroatoms. The molecule has 0 amide bonds. The van der Waals surface area contributed by atoms with E-state index in [-0.39, 0.29) is 0 Å². The Morgan fingerprint density at radius 1 is 0.476 bits per heavy atom. The second-order valence-electron chi connectivity index (χ2n) is 10.7. The van der Waals surface area contributed by atoms with Crippen LogP contribution >= 0.6 is 0 Å². The Morgan fingerprint density at radius 3 is 1.60 bits per heavy atom. The SMILES string of the molecule is CC1OC(OCC2OC(O)C(OC3OC(CO)C(O)C(O)C3OC3OC(CO)C(O)C3O)C(O)C2O)C(O)C(O)C1O. The number of ether oxygens (including phenoxy) is 7. The summed E-state index contributed by atoms with van der Waals surface area (Å²) in [6.45, 7) is -0.656. The monoisotopic (exact) mass is 620 g/mol. The molecule has 0 aromatic rings. The third kappa shape index (κ3) is 6.74. The van der Waals surface area contributed by atoms with Crippen molar-refractivity contribution in [3.05, 3.63) is 0 Å². The van der Waals surface area contributed by atoms with Crippen LogP contribution in [0, 0.1) is 0 Å². The first-order valence-electron chi connectivity index (χ1n) is 13.4. The van der Waals surface area contributed by atoms with Gasteiger partial charge < -0.3 is 94.4 Å². The number of hydrogen-bond donors (Lipinski definition) is 12.